The zero-order valence-electron chi connectivity index (χ0n) is 9.61. The van der Waals surface area contributed by atoms with Gasteiger partial charge in [0.05, 0.1) is 0 Å². The van der Waals surface area contributed by atoms with Crippen LogP contribution in [0.2, 0.25) is 0 Å². The van der Waals surface area contributed by atoms with Crippen LogP contribution in [-0.2, 0) is 0 Å². The van der Waals surface area contributed by atoms with Crippen LogP contribution in [-0.4, -0.2) is 42.4 Å². The van der Waals surface area contributed by atoms with Crippen molar-refractivity contribution in [1.82, 2.24) is 5.32 Å². The van der Waals surface area contributed by atoms with E-state index in [1.807, 2.05) is 11.8 Å². The summed E-state index contributed by atoms with van der Waals surface area (Å²) in [5.74, 6) is 1.61. The van der Waals surface area contributed by atoms with E-state index in [1.54, 1.807) is 0 Å². The maximum atomic E-state index is 9.22. The van der Waals surface area contributed by atoms with Gasteiger partial charge in [0.2, 0.25) is 0 Å². The van der Waals surface area contributed by atoms with Crippen LogP contribution in [0.1, 0.15) is 25.7 Å². The average Bonchev–Trinajstić information content (AvgIpc) is 2.71. The Bertz CT molecular complexity index is 169. The minimum absolute atomic E-state index is 0.317. The van der Waals surface area contributed by atoms with Crippen molar-refractivity contribution in [3.05, 3.63) is 0 Å². The summed E-state index contributed by atoms with van der Waals surface area (Å²) >= 11 is 1.86. The molecule has 1 saturated carbocycles. The number of rotatable bonds is 7. The quantitative estimate of drug-likeness (QED) is 0.608. The topological polar surface area (TPSA) is 58.3 Å². The predicted molar refractivity (Wildman–Crippen MR) is 67.2 cm³/mol. The van der Waals surface area contributed by atoms with Crippen LogP contribution in [0.5, 0.6) is 0 Å². The second kappa shape index (κ2) is 7.49. The van der Waals surface area contributed by atoms with Crippen LogP contribution in [0.3, 0.4) is 0 Å². The normalized spacial score (nSPS) is 28.2. The third-order valence-corrected chi connectivity index (χ3v) is 3.94. The summed E-state index contributed by atoms with van der Waals surface area (Å²) in [4.78, 5) is 0. The van der Waals surface area contributed by atoms with E-state index in [0.717, 1.165) is 18.6 Å². The van der Waals surface area contributed by atoms with Gasteiger partial charge in [-0.25, -0.2) is 0 Å². The van der Waals surface area contributed by atoms with Gasteiger partial charge in [-0.1, -0.05) is 6.42 Å². The predicted octanol–water partition coefficient (Wildman–Crippen LogP) is 0.817. The van der Waals surface area contributed by atoms with E-state index in [1.165, 1.54) is 12.8 Å². The third kappa shape index (κ3) is 4.31. The molecule has 0 heterocycles. The summed E-state index contributed by atoms with van der Waals surface area (Å²) in [7, 11) is 0. The lowest BCUT2D eigenvalue weighted by molar-refractivity contribution is 0.199. The SMILES string of the molecule is CSCCC(CN)NC1CCCC1CO. The summed E-state index contributed by atoms with van der Waals surface area (Å²) in [6, 6.07) is 0.917. The highest BCUT2D eigenvalue weighted by atomic mass is 32.2. The molecule has 3 unspecified atom stereocenters. The number of nitrogens with two attached hydrogens (primary N) is 1. The largest absolute Gasteiger partial charge is 0.396 e. The highest BCUT2D eigenvalue weighted by Gasteiger charge is 2.27. The molecule has 3 nitrogen and oxygen atoms in total. The first-order valence-corrected chi connectivity index (χ1v) is 7.27. The third-order valence-electron chi connectivity index (χ3n) is 3.30. The Morgan fingerprint density at radius 1 is 1.53 bits per heavy atom. The van der Waals surface area contributed by atoms with Crippen molar-refractivity contribution in [2.24, 2.45) is 11.7 Å². The molecule has 0 amide bonds. The summed E-state index contributed by atoms with van der Waals surface area (Å²) < 4.78 is 0. The molecule has 0 radical (unpaired) electrons. The van der Waals surface area contributed by atoms with E-state index in [4.69, 9.17) is 5.73 Å². The van der Waals surface area contributed by atoms with Crippen molar-refractivity contribution in [3.63, 3.8) is 0 Å². The molecule has 0 aliphatic heterocycles. The molecule has 15 heavy (non-hydrogen) atoms. The smallest absolute Gasteiger partial charge is 0.0474 e. The first kappa shape index (κ1) is 13.3. The van der Waals surface area contributed by atoms with Crippen LogP contribution in [0.15, 0.2) is 0 Å². The number of hydrogen-bond donors (Lipinski definition) is 3. The summed E-state index contributed by atoms with van der Waals surface area (Å²) in [6.07, 6.45) is 6.85. The van der Waals surface area contributed by atoms with Gasteiger partial charge in [0.1, 0.15) is 0 Å². The van der Waals surface area contributed by atoms with Crippen LogP contribution >= 0.6 is 11.8 Å². The average molecular weight is 232 g/mol. The molecule has 0 aromatic carbocycles. The lowest BCUT2D eigenvalue weighted by Crippen LogP contribution is -2.45. The molecule has 4 N–H and O–H groups in total. The summed E-state index contributed by atoms with van der Waals surface area (Å²) in [5, 5.41) is 12.8. The highest BCUT2D eigenvalue weighted by Crippen LogP contribution is 2.25. The van der Waals surface area contributed by atoms with Crippen molar-refractivity contribution < 1.29 is 5.11 Å². The van der Waals surface area contributed by atoms with E-state index >= 15 is 0 Å². The Balaban J connectivity index is 2.29. The molecule has 1 aliphatic rings. The lowest BCUT2D eigenvalue weighted by atomic mass is 10.0. The second-order valence-electron chi connectivity index (χ2n) is 4.36. The van der Waals surface area contributed by atoms with Crippen molar-refractivity contribution in [2.45, 2.75) is 37.8 Å². The number of thioether (sulfide) groups is 1. The zero-order chi connectivity index (χ0) is 11.1. The van der Waals surface area contributed by atoms with E-state index < -0.39 is 0 Å². The maximum Gasteiger partial charge on any atom is 0.0474 e. The molecule has 4 heteroatoms. The van der Waals surface area contributed by atoms with Gasteiger partial charge >= 0.3 is 0 Å². The number of aliphatic hydroxyl groups is 1. The second-order valence-corrected chi connectivity index (χ2v) is 5.35. The van der Waals surface area contributed by atoms with Gasteiger partial charge in [0.15, 0.2) is 0 Å². The molecule has 90 valence electrons. The zero-order valence-corrected chi connectivity index (χ0v) is 10.4. The molecule has 0 bridgehead atoms. The van der Waals surface area contributed by atoms with Crippen LogP contribution in [0.25, 0.3) is 0 Å². The van der Waals surface area contributed by atoms with Gasteiger partial charge in [-0.2, -0.15) is 11.8 Å². The fourth-order valence-corrected chi connectivity index (χ4v) is 2.83. The lowest BCUT2D eigenvalue weighted by Gasteiger charge is -2.25. The van der Waals surface area contributed by atoms with Gasteiger partial charge in [0.25, 0.3) is 0 Å². The number of nitrogens with one attached hydrogen (secondary N) is 1. The Labute approximate surface area is 97.2 Å². The first-order chi connectivity index (χ1) is 7.31. The molecule has 0 spiro atoms. The minimum Gasteiger partial charge on any atom is -0.396 e. The monoisotopic (exact) mass is 232 g/mol. The van der Waals surface area contributed by atoms with Crippen LogP contribution in [0.4, 0.5) is 0 Å². The van der Waals surface area contributed by atoms with Gasteiger partial charge in [-0.3, -0.25) is 0 Å². The fraction of sp³-hybridized carbons (Fsp3) is 1.00. The first-order valence-electron chi connectivity index (χ1n) is 5.87. The van der Waals surface area contributed by atoms with Gasteiger partial charge in [-0.05, 0) is 37.2 Å². The van der Waals surface area contributed by atoms with Crippen LogP contribution < -0.4 is 11.1 Å². The Morgan fingerprint density at radius 2 is 2.33 bits per heavy atom. The van der Waals surface area contributed by atoms with Crippen molar-refractivity contribution in [2.75, 3.05) is 25.2 Å². The fourth-order valence-electron chi connectivity index (χ4n) is 2.31. The van der Waals surface area contributed by atoms with Gasteiger partial charge in [0, 0.05) is 25.2 Å². The molecular formula is C11H24N2OS. The van der Waals surface area contributed by atoms with Crippen molar-refractivity contribution in [1.29, 1.82) is 0 Å². The standard InChI is InChI=1S/C11H24N2OS/c1-15-6-5-10(7-12)13-11-4-2-3-9(11)8-14/h9-11,13-14H,2-8,12H2,1H3. The molecule has 3 atom stereocenters. The molecule has 1 rings (SSSR count). The van der Waals surface area contributed by atoms with E-state index in [0.29, 0.717) is 31.2 Å². The molecular weight excluding hydrogens is 208 g/mol. The summed E-state index contributed by atoms with van der Waals surface area (Å²) in [5.41, 5.74) is 5.74. The van der Waals surface area contributed by atoms with Gasteiger partial charge < -0.3 is 16.2 Å². The number of hydrogen-bond acceptors (Lipinski definition) is 4. The van der Waals surface area contributed by atoms with Gasteiger partial charge in [-0.15, -0.1) is 0 Å². The Kier molecular flexibility index (Phi) is 6.64. The Hall–Kier alpha value is 0.230. The van der Waals surface area contributed by atoms with E-state index in [9.17, 15) is 5.11 Å². The van der Waals surface area contributed by atoms with Crippen molar-refractivity contribution >= 4 is 11.8 Å². The van der Waals surface area contributed by atoms with E-state index in [2.05, 4.69) is 11.6 Å². The van der Waals surface area contributed by atoms with Crippen molar-refractivity contribution in [3.8, 4) is 0 Å². The van der Waals surface area contributed by atoms with E-state index in [-0.39, 0.29) is 0 Å². The maximum absolute atomic E-state index is 9.22. The van der Waals surface area contributed by atoms with Crippen LogP contribution in [0, 0.1) is 5.92 Å². The molecule has 1 aliphatic carbocycles. The Morgan fingerprint density at radius 3 is 2.93 bits per heavy atom. The molecule has 1 fully saturated rings. The minimum atomic E-state index is 0.317. The highest BCUT2D eigenvalue weighted by molar-refractivity contribution is 7.98. The molecule has 0 aromatic rings. The molecule has 0 aromatic heterocycles. The molecule has 0 saturated heterocycles. The number of aliphatic hydroxyl groups excluding tert-OH is 1. The summed E-state index contributed by atoms with van der Waals surface area (Å²) in [6.45, 7) is 1.02.